The van der Waals surface area contributed by atoms with Crippen LogP contribution in [0.4, 0.5) is 0 Å². The number of nitrogens with zero attached hydrogens (tertiary/aromatic N) is 2. The number of hydrogen-bond acceptors (Lipinski definition) is 4. The topological polar surface area (TPSA) is 62.5 Å². The van der Waals surface area contributed by atoms with Gasteiger partial charge in [-0.25, -0.2) is 9.13 Å². The van der Waals surface area contributed by atoms with E-state index in [1.54, 1.807) is 0 Å². The van der Waals surface area contributed by atoms with Crippen LogP contribution in [-0.4, -0.2) is 8.68 Å². The molecular formula is C30H18N2O4P2. The number of aromatic nitrogens is 2. The van der Waals surface area contributed by atoms with Gasteiger partial charge < -0.3 is 9.05 Å². The Kier molecular flexibility index (Phi) is 3.71. The van der Waals surface area contributed by atoms with E-state index in [1.165, 1.54) is 0 Å². The molecule has 2 atom stereocenters. The summed E-state index contributed by atoms with van der Waals surface area (Å²) in [6.07, 6.45) is 0. The minimum absolute atomic E-state index is 0.605. The van der Waals surface area contributed by atoms with Gasteiger partial charge in [0.2, 0.25) is 0 Å². The Hall–Kier alpha value is -4.24. The summed E-state index contributed by atoms with van der Waals surface area (Å²) in [4.78, 5) is 0. The highest BCUT2D eigenvalue weighted by Gasteiger charge is 2.43. The largest absolute Gasteiger partial charge is 0.423 e. The van der Waals surface area contributed by atoms with E-state index in [0.29, 0.717) is 22.1 Å². The van der Waals surface area contributed by atoms with Gasteiger partial charge in [-0.1, -0.05) is 60.7 Å². The Morgan fingerprint density at radius 2 is 0.895 bits per heavy atom. The molecule has 0 spiro atoms. The van der Waals surface area contributed by atoms with Crippen molar-refractivity contribution in [3.8, 4) is 11.5 Å². The summed E-state index contributed by atoms with van der Waals surface area (Å²) in [7, 11) is -6.90. The van der Waals surface area contributed by atoms with Crippen molar-refractivity contribution >= 4 is 69.3 Å². The summed E-state index contributed by atoms with van der Waals surface area (Å²) in [6.45, 7) is 0. The normalized spacial score (nSPS) is 21.5. The molecular weight excluding hydrogens is 514 g/mol. The third-order valence-corrected chi connectivity index (χ3v) is 12.4. The van der Waals surface area contributed by atoms with Gasteiger partial charge in [-0.05, 0) is 48.5 Å². The smallest absolute Gasteiger partial charge is 0.378 e. The van der Waals surface area contributed by atoms with Crippen molar-refractivity contribution in [2.45, 2.75) is 0 Å². The van der Waals surface area contributed by atoms with Crippen LogP contribution >= 0.6 is 15.0 Å². The van der Waals surface area contributed by atoms with E-state index < -0.39 is 15.0 Å². The summed E-state index contributed by atoms with van der Waals surface area (Å²) < 4.78 is 45.4. The maximum Gasteiger partial charge on any atom is 0.378 e. The molecule has 5 aromatic carbocycles. The monoisotopic (exact) mass is 532 g/mol. The minimum Gasteiger partial charge on any atom is -0.423 e. The summed E-state index contributed by atoms with van der Waals surface area (Å²) in [6, 6.07) is 34.5. The molecule has 7 aromatic rings. The van der Waals surface area contributed by atoms with Crippen LogP contribution in [0, 0.1) is 0 Å². The van der Waals surface area contributed by atoms with Crippen LogP contribution in [0.5, 0.6) is 11.5 Å². The van der Waals surface area contributed by atoms with Gasteiger partial charge in [0.15, 0.2) is 11.5 Å². The molecule has 0 saturated carbocycles. The Bertz CT molecular complexity index is 2090. The van der Waals surface area contributed by atoms with E-state index in [0.717, 1.165) is 43.6 Å². The summed E-state index contributed by atoms with van der Waals surface area (Å²) in [5.41, 5.74) is 3.28. The highest BCUT2D eigenvalue weighted by Crippen LogP contribution is 2.63. The molecule has 4 heterocycles. The molecule has 0 saturated heterocycles. The fraction of sp³-hybridized carbons (Fsp3) is 0. The van der Waals surface area contributed by atoms with Gasteiger partial charge >= 0.3 is 15.0 Å². The van der Waals surface area contributed by atoms with Gasteiger partial charge in [0.05, 0.1) is 21.6 Å². The fourth-order valence-corrected chi connectivity index (χ4v) is 10.7. The van der Waals surface area contributed by atoms with Crippen molar-refractivity contribution in [1.82, 2.24) is 8.68 Å². The second-order valence-corrected chi connectivity index (χ2v) is 14.0. The first-order valence-corrected chi connectivity index (χ1v) is 15.5. The highest BCUT2D eigenvalue weighted by molar-refractivity contribution is 7.67. The first kappa shape index (κ1) is 20.8. The SMILES string of the molecule is O=P1(c2ccccc2)Oc2cccc3c4cc5c(cc4n1c23)c1cccc2c1n5P(=O)(c1ccccc1)O2. The molecule has 38 heavy (non-hydrogen) atoms. The Balaban J connectivity index is 1.45. The third kappa shape index (κ3) is 2.32. The lowest BCUT2D eigenvalue weighted by Gasteiger charge is -2.17. The van der Waals surface area contributed by atoms with Gasteiger partial charge in [0.1, 0.15) is 11.0 Å². The van der Waals surface area contributed by atoms with Crippen LogP contribution in [0.2, 0.25) is 0 Å². The van der Waals surface area contributed by atoms with Crippen molar-refractivity contribution in [1.29, 1.82) is 0 Å². The van der Waals surface area contributed by atoms with Crippen molar-refractivity contribution in [3.05, 3.63) is 109 Å². The van der Waals surface area contributed by atoms with E-state index >= 15 is 0 Å². The molecule has 0 amide bonds. The second-order valence-electron chi connectivity index (χ2n) is 9.71. The molecule has 2 aliphatic heterocycles. The number of rotatable bonds is 2. The van der Waals surface area contributed by atoms with Crippen LogP contribution in [0.3, 0.4) is 0 Å². The molecule has 0 bridgehead atoms. The molecule has 6 nitrogen and oxygen atoms in total. The third-order valence-electron chi connectivity index (χ3n) is 7.71. The Labute approximate surface area is 216 Å². The van der Waals surface area contributed by atoms with Gasteiger partial charge in [-0.3, -0.25) is 8.68 Å². The van der Waals surface area contributed by atoms with Crippen LogP contribution in [0.15, 0.2) is 109 Å². The Morgan fingerprint density at radius 1 is 0.474 bits per heavy atom. The van der Waals surface area contributed by atoms with Crippen LogP contribution in [0.1, 0.15) is 0 Å². The first-order chi connectivity index (χ1) is 18.6. The molecule has 0 radical (unpaired) electrons. The minimum atomic E-state index is -3.45. The average molecular weight is 532 g/mol. The predicted molar refractivity (Wildman–Crippen MR) is 152 cm³/mol. The molecule has 2 aliphatic rings. The molecule has 182 valence electrons. The van der Waals surface area contributed by atoms with E-state index in [2.05, 4.69) is 12.1 Å². The first-order valence-electron chi connectivity index (χ1n) is 12.3. The predicted octanol–water partition coefficient (Wildman–Crippen LogP) is 7.42. The molecule has 2 aromatic heterocycles. The van der Waals surface area contributed by atoms with Crippen molar-refractivity contribution in [2.75, 3.05) is 0 Å². The van der Waals surface area contributed by atoms with Crippen molar-refractivity contribution in [3.63, 3.8) is 0 Å². The molecule has 9 rings (SSSR count). The van der Waals surface area contributed by atoms with Crippen molar-refractivity contribution < 1.29 is 18.2 Å². The van der Waals surface area contributed by atoms with Crippen LogP contribution in [0.25, 0.3) is 43.6 Å². The number of fused-ring (bicyclic) bond motifs is 6. The Morgan fingerprint density at radius 3 is 1.32 bits per heavy atom. The maximum absolute atomic E-state index is 14.6. The van der Waals surface area contributed by atoms with Crippen LogP contribution < -0.4 is 19.7 Å². The molecule has 0 aliphatic carbocycles. The lowest BCUT2D eigenvalue weighted by molar-refractivity contribution is 0.497. The summed E-state index contributed by atoms with van der Waals surface area (Å²) in [5, 5.41) is 5.03. The standard InChI is InChI=1S/C30H18N2O4P2/c33-37(19-9-3-1-4-10-19)31-25-17-24-22-14-8-16-28-30(22)32(38(34,36-28)20-11-5-2-6-12-20)26(24)18-23(25)21-13-7-15-27(35-37)29(21)31/h1-18H. The van der Waals surface area contributed by atoms with Crippen LogP contribution in [-0.2, 0) is 9.13 Å². The zero-order chi connectivity index (χ0) is 25.2. The molecule has 0 N–H and O–H groups in total. The lowest BCUT2D eigenvalue weighted by Crippen LogP contribution is -2.12. The van der Waals surface area contributed by atoms with Gasteiger partial charge in [0, 0.05) is 21.5 Å². The molecule has 8 heteroatoms. The number of hydrogen-bond donors (Lipinski definition) is 0. The molecule has 2 unspecified atom stereocenters. The zero-order valence-electron chi connectivity index (χ0n) is 19.8. The molecule has 0 fully saturated rings. The number of benzene rings is 5. The van der Waals surface area contributed by atoms with Gasteiger partial charge in [0.25, 0.3) is 0 Å². The van der Waals surface area contributed by atoms with Gasteiger partial charge in [-0.2, -0.15) is 0 Å². The lowest BCUT2D eigenvalue weighted by atomic mass is 10.1. The number of para-hydroxylation sites is 2. The summed E-state index contributed by atoms with van der Waals surface area (Å²) >= 11 is 0. The van der Waals surface area contributed by atoms with Gasteiger partial charge in [-0.15, -0.1) is 0 Å². The summed E-state index contributed by atoms with van der Waals surface area (Å²) in [5.74, 6) is 1.21. The second kappa shape index (κ2) is 6.79. The zero-order valence-corrected chi connectivity index (χ0v) is 21.6. The van der Waals surface area contributed by atoms with Crippen molar-refractivity contribution in [2.24, 2.45) is 0 Å². The van der Waals surface area contributed by atoms with E-state index in [4.69, 9.17) is 9.05 Å². The fourth-order valence-electron chi connectivity index (χ4n) is 6.13. The quantitative estimate of drug-likeness (QED) is 0.218. The van der Waals surface area contributed by atoms with E-state index in [1.807, 2.05) is 106 Å². The maximum atomic E-state index is 14.6. The van der Waals surface area contributed by atoms with E-state index in [9.17, 15) is 9.13 Å². The highest BCUT2D eigenvalue weighted by atomic mass is 31.2. The average Bonchev–Trinajstić information content (AvgIpc) is 3.66. The van der Waals surface area contributed by atoms with E-state index in [-0.39, 0.29) is 0 Å².